The second kappa shape index (κ2) is 13.8. The van der Waals surface area contributed by atoms with E-state index in [1.807, 2.05) is 12.1 Å². The van der Waals surface area contributed by atoms with Gasteiger partial charge in [-0.05, 0) is 75.2 Å². The Balaban J connectivity index is 1.10. The van der Waals surface area contributed by atoms with E-state index < -0.39 is 6.10 Å². The fourth-order valence-corrected chi connectivity index (χ4v) is 6.22. The van der Waals surface area contributed by atoms with Gasteiger partial charge < -0.3 is 29.5 Å². The van der Waals surface area contributed by atoms with Gasteiger partial charge in [0.25, 0.3) is 5.91 Å². The second-order valence-corrected chi connectivity index (χ2v) is 11.8. The summed E-state index contributed by atoms with van der Waals surface area (Å²) in [5, 5.41) is 22.7. The van der Waals surface area contributed by atoms with Crippen molar-refractivity contribution in [2.24, 2.45) is 0 Å². The zero-order chi connectivity index (χ0) is 31.3. The predicted octanol–water partition coefficient (Wildman–Crippen LogP) is 3.49. The van der Waals surface area contributed by atoms with E-state index in [1.165, 1.54) is 6.92 Å². The summed E-state index contributed by atoms with van der Waals surface area (Å²) in [6.45, 7) is 6.27. The van der Waals surface area contributed by atoms with E-state index in [-0.39, 0.29) is 12.0 Å². The number of likely N-dealkylation sites (tertiary alicyclic amines) is 2. The number of nitrogens with one attached hydrogen (secondary N) is 1. The monoisotopic (exact) mass is 613 g/mol. The molecule has 3 saturated heterocycles. The zero-order valence-electron chi connectivity index (χ0n) is 25.7. The van der Waals surface area contributed by atoms with Crippen LogP contribution in [0.2, 0.25) is 0 Å². The van der Waals surface area contributed by atoms with Crippen LogP contribution in [0.3, 0.4) is 0 Å². The van der Waals surface area contributed by atoms with E-state index in [9.17, 15) is 15.2 Å². The number of benzene rings is 1. The van der Waals surface area contributed by atoms with Crippen molar-refractivity contribution in [3.05, 3.63) is 53.7 Å². The summed E-state index contributed by atoms with van der Waals surface area (Å²) in [6.07, 6.45) is 3.90. The van der Waals surface area contributed by atoms with Gasteiger partial charge in [-0.1, -0.05) is 0 Å². The van der Waals surface area contributed by atoms with Gasteiger partial charge in [0.15, 0.2) is 0 Å². The first-order chi connectivity index (χ1) is 21.9. The van der Waals surface area contributed by atoms with Gasteiger partial charge in [0.05, 0.1) is 37.6 Å². The van der Waals surface area contributed by atoms with Gasteiger partial charge in [0.2, 0.25) is 11.8 Å². The number of amides is 1. The van der Waals surface area contributed by atoms with Crippen molar-refractivity contribution in [3.63, 3.8) is 0 Å². The van der Waals surface area contributed by atoms with Crippen molar-refractivity contribution >= 4 is 17.7 Å². The standard InChI is InChI=1S/C33H39N7O5/c1-21(41)32(42)40-15-10-26(11-16-40)45-29-5-3-23(17-24(29)18-34)28-7-12-35-33(36-28)38-30-6-4-27(31(37-30)43-2)22-8-13-39(14-9-22)25-19-44-20-25/h3-7,12,17,21-22,25-26,41H,8-11,13-16,19-20H2,1-2H3,(H,35,36,37,38). The Morgan fingerprint density at radius 2 is 1.87 bits per heavy atom. The lowest BCUT2D eigenvalue weighted by Crippen LogP contribution is -2.51. The van der Waals surface area contributed by atoms with Crippen LogP contribution in [0.1, 0.15) is 49.7 Å². The topological polar surface area (TPSA) is 146 Å². The quantitative estimate of drug-likeness (QED) is 0.366. The van der Waals surface area contributed by atoms with Gasteiger partial charge in [0.1, 0.15) is 29.8 Å². The molecule has 3 aromatic rings. The molecule has 0 radical (unpaired) electrons. The van der Waals surface area contributed by atoms with Crippen LogP contribution >= 0.6 is 0 Å². The fourth-order valence-electron chi connectivity index (χ4n) is 6.22. The SMILES string of the molecule is COc1nc(Nc2nccc(-c3ccc(OC4CCN(C(=O)C(C)O)CC4)c(C#N)c3)n2)ccc1C1CCN(C2COC2)CC1. The number of aliphatic hydroxyl groups is 1. The Kier molecular flexibility index (Phi) is 9.39. The first kappa shape index (κ1) is 30.7. The Morgan fingerprint density at radius 3 is 2.53 bits per heavy atom. The molecule has 3 aliphatic heterocycles. The van der Waals surface area contributed by atoms with E-state index in [2.05, 4.69) is 32.3 Å². The number of methoxy groups -OCH3 is 1. The molecule has 3 fully saturated rings. The Labute approximate surface area is 263 Å². The van der Waals surface area contributed by atoms with Crippen LogP contribution in [0.25, 0.3) is 11.3 Å². The maximum Gasteiger partial charge on any atom is 0.251 e. The average Bonchev–Trinajstić information content (AvgIpc) is 3.04. The molecule has 1 amide bonds. The fraction of sp³-hybridized carbons (Fsp3) is 0.485. The summed E-state index contributed by atoms with van der Waals surface area (Å²) >= 11 is 0. The molecule has 12 heteroatoms. The number of carbonyl (C=O) groups is 1. The summed E-state index contributed by atoms with van der Waals surface area (Å²) in [5.41, 5.74) is 2.92. The van der Waals surface area contributed by atoms with Crippen molar-refractivity contribution in [1.82, 2.24) is 24.8 Å². The highest BCUT2D eigenvalue weighted by molar-refractivity contribution is 5.80. The molecule has 45 heavy (non-hydrogen) atoms. The van der Waals surface area contributed by atoms with Crippen LogP contribution in [-0.4, -0.2) is 101 Å². The van der Waals surface area contributed by atoms with Crippen molar-refractivity contribution in [1.29, 1.82) is 5.26 Å². The molecule has 0 aliphatic carbocycles. The lowest BCUT2D eigenvalue weighted by atomic mass is 9.89. The smallest absolute Gasteiger partial charge is 0.251 e. The number of anilines is 2. The van der Waals surface area contributed by atoms with Gasteiger partial charge >= 0.3 is 0 Å². The number of ether oxygens (including phenoxy) is 3. The van der Waals surface area contributed by atoms with Gasteiger partial charge in [-0.3, -0.25) is 9.69 Å². The molecule has 3 aliphatic rings. The molecule has 0 saturated carbocycles. The lowest BCUT2D eigenvalue weighted by Gasteiger charge is -2.41. The van der Waals surface area contributed by atoms with Crippen LogP contribution in [0.5, 0.6) is 11.6 Å². The maximum absolute atomic E-state index is 12.1. The molecule has 0 spiro atoms. The third-order valence-corrected chi connectivity index (χ3v) is 8.89. The number of aliphatic hydroxyl groups excluding tert-OH is 1. The summed E-state index contributed by atoms with van der Waals surface area (Å²) in [7, 11) is 1.65. The Hall–Kier alpha value is -4.31. The molecule has 1 aromatic carbocycles. The number of nitrogens with zero attached hydrogens (tertiary/aromatic N) is 6. The molecule has 2 N–H and O–H groups in total. The number of rotatable bonds is 9. The third kappa shape index (κ3) is 7.01. The summed E-state index contributed by atoms with van der Waals surface area (Å²) in [4.78, 5) is 30.0. The summed E-state index contributed by atoms with van der Waals surface area (Å²) in [5.74, 6) is 2.19. The first-order valence-corrected chi connectivity index (χ1v) is 15.6. The zero-order valence-corrected chi connectivity index (χ0v) is 25.7. The van der Waals surface area contributed by atoms with Gasteiger partial charge in [-0.15, -0.1) is 0 Å². The molecular formula is C33H39N7O5. The second-order valence-electron chi connectivity index (χ2n) is 11.8. The Morgan fingerprint density at radius 1 is 1.09 bits per heavy atom. The number of hydrogen-bond donors (Lipinski definition) is 2. The highest BCUT2D eigenvalue weighted by Crippen LogP contribution is 2.35. The van der Waals surface area contributed by atoms with Gasteiger partial charge in [0, 0.05) is 43.3 Å². The summed E-state index contributed by atoms with van der Waals surface area (Å²) < 4.78 is 17.2. The van der Waals surface area contributed by atoms with Crippen LogP contribution in [-0.2, 0) is 9.53 Å². The van der Waals surface area contributed by atoms with E-state index in [4.69, 9.17) is 19.2 Å². The number of nitriles is 1. The van der Waals surface area contributed by atoms with Crippen LogP contribution in [0, 0.1) is 11.3 Å². The maximum atomic E-state index is 12.1. The minimum absolute atomic E-state index is 0.123. The average molecular weight is 614 g/mol. The normalized spacial score (nSPS) is 18.9. The lowest BCUT2D eigenvalue weighted by molar-refractivity contribution is -0.141. The van der Waals surface area contributed by atoms with Crippen LogP contribution in [0.4, 0.5) is 11.8 Å². The van der Waals surface area contributed by atoms with E-state index in [1.54, 1.807) is 36.4 Å². The van der Waals surface area contributed by atoms with Crippen molar-refractivity contribution < 1.29 is 24.1 Å². The Bertz CT molecular complexity index is 1540. The molecule has 1 unspecified atom stereocenters. The molecule has 5 heterocycles. The van der Waals surface area contributed by atoms with Crippen molar-refractivity contribution in [3.8, 4) is 29.0 Å². The largest absolute Gasteiger partial charge is 0.489 e. The molecule has 12 nitrogen and oxygen atoms in total. The number of pyridine rings is 1. The van der Waals surface area contributed by atoms with Crippen LogP contribution < -0.4 is 14.8 Å². The highest BCUT2D eigenvalue weighted by Gasteiger charge is 2.31. The highest BCUT2D eigenvalue weighted by atomic mass is 16.5. The minimum Gasteiger partial charge on any atom is -0.489 e. The van der Waals surface area contributed by atoms with Gasteiger partial charge in [-0.25, -0.2) is 9.97 Å². The molecule has 6 rings (SSSR count). The predicted molar refractivity (Wildman–Crippen MR) is 166 cm³/mol. The van der Waals surface area contributed by atoms with Crippen LogP contribution in [0.15, 0.2) is 42.6 Å². The third-order valence-electron chi connectivity index (χ3n) is 8.89. The molecular weight excluding hydrogens is 574 g/mol. The van der Waals surface area contributed by atoms with Crippen molar-refractivity contribution in [2.45, 2.75) is 56.8 Å². The van der Waals surface area contributed by atoms with E-state index >= 15 is 0 Å². The van der Waals surface area contributed by atoms with Gasteiger partial charge in [-0.2, -0.15) is 10.2 Å². The number of carbonyl (C=O) groups excluding carboxylic acids is 1. The van der Waals surface area contributed by atoms with E-state index in [0.29, 0.717) is 72.5 Å². The molecule has 0 bridgehead atoms. The molecule has 2 aromatic heterocycles. The number of hydrogen-bond acceptors (Lipinski definition) is 11. The summed E-state index contributed by atoms with van der Waals surface area (Å²) in [6, 6.07) is 14.0. The van der Waals surface area contributed by atoms with Crippen molar-refractivity contribution in [2.75, 3.05) is 51.8 Å². The number of aromatic nitrogens is 3. The molecule has 236 valence electrons. The van der Waals surface area contributed by atoms with E-state index in [0.717, 1.165) is 50.3 Å². The minimum atomic E-state index is -1.01. The first-order valence-electron chi connectivity index (χ1n) is 15.6. The molecule has 1 atom stereocenters. The number of piperidine rings is 2.